The third kappa shape index (κ3) is 1.97. The van der Waals surface area contributed by atoms with Gasteiger partial charge in [0.15, 0.2) is 0 Å². The number of fused-ring (bicyclic) bond motifs is 3. The van der Waals surface area contributed by atoms with Crippen molar-refractivity contribution >= 4 is 11.5 Å². The summed E-state index contributed by atoms with van der Waals surface area (Å²) in [4.78, 5) is 14.5. The Morgan fingerprint density at radius 2 is 1.70 bits per heavy atom. The van der Waals surface area contributed by atoms with Gasteiger partial charge < -0.3 is 4.90 Å². The predicted molar refractivity (Wildman–Crippen MR) is 81.2 cm³/mol. The molecule has 3 aliphatic rings. The van der Waals surface area contributed by atoms with E-state index in [2.05, 4.69) is 23.1 Å². The molecule has 0 saturated carbocycles. The predicted octanol–water partition coefficient (Wildman–Crippen LogP) is 3.66. The Morgan fingerprint density at radius 3 is 2.50 bits per heavy atom. The van der Waals surface area contributed by atoms with Gasteiger partial charge in [0.05, 0.1) is 0 Å². The van der Waals surface area contributed by atoms with E-state index in [1.807, 2.05) is 0 Å². The van der Waals surface area contributed by atoms with Crippen LogP contribution in [0.25, 0.3) is 0 Å². The van der Waals surface area contributed by atoms with Crippen LogP contribution in [-0.4, -0.2) is 17.9 Å². The summed E-state index contributed by atoms with van der Waals surface area (Å²) in [5.41, 5.74) is 4.61. The highest BCUT2D eigenvalue weighted by atomic mass is 16.1. The lowest BCUT2D eigenvalue weighted by Crippen LogP contribution is -2.53. The van der Waals surface area contributed by atoms with Crippen LogP contribution < -0.4 is 4.90 Å². The summed E-state index contributed by atoms with van der Waals surface area (Å²) < 4.78 is 0. The van der Waals surface area contributed by atoms with E-state index in [0.717, 1.165) is 12.8 Å². The minimum absolute atomic E-state index is 0.475. The SMILES string of the molecule is O=C1CC2CCCC(C1)N2c1cccc2c1CCCC2. The van der Waals surface area contributed by atoms with Gasteiger partial charge in [-0.3, -0.25) is 4.79 Å². The molecule has 0 spiro atoms. The number of carbonyl (C=O) groups is 1. The van der Waals surface area contributed by atoms with Gasteiger partial charge in [0.1, 0.15) is 5.78 Å². The molecule has 0 amide bonds. The molecule has 1 aromatic rings. The number of Topliss-reactive ketones (excluding diaryl/α,β-unsaturated/α-hetero) is 1. The molecule has 1 aliphatic carbocycles. The average molecular weight is 269 g/mol. The third-order valence-corrected chi connectivity index (χ3v) is 5.44. The number of benzene rings is 1. The topological polar surface area (TPSA) is 20.3 Å². The number of nitrogens with zero attached hydrogens (tertiary/aromatic N) is 1. The van der Waals surface area contributed by atoms with Crippen LogP contribution in [0.15, 0.2) is 18.2 Å². The van der Waals surface area contributed by atoms with E-state index in [1.54, 1.807) is 11.1 Å². The van der Waals surface area contributed by atoms with Crippen LogP contribution in [0, 0.1) is 0 Å². The molecular weight excluding hydrogens is 246 g/mol. The van der Waals surface area contributed by atoms with Crippen molar-refractivity contribution in [3.05, 3.63) is 29.3 Å². The van der Waals surface area contributed by atoms with Crippen molar-refractivity contribution in [2.75, 3.05) is 4.90 Å². The van der Waals surface area contributed by atoms with Crippen LogP contribution in [0.4, 0.5) is 5.69 Å². The van der Waals surface area contributed by atoms with Crippen molar-refractivity contribution in [1.82, 2.24) is 0 Å². The van der Waals surface area contributed by atoms with Crippen LogP contribution in [0.1, 0.15) is 56.1 Å². The van der Waals surface area contributed by atoms with Crippen LogP contribution in [0.3, 0.4) is 0 Å². The fourth-order valence-electron chi connectivity index (χ4n) is 4.57. The molecule has 2 unspecified atom stereocenters. The quantitative estimate of drug-likeness (QED) is 0.775. The first kappa shape index (κ1) is 12.4. The first-order valence-electron chi connectivity index (χ1n) is 8.24. The minimum atomic E-state index is 0.475. The van der Waals surface area contributed by atoms with Crippen LogP contribution in [0.5, 0.6) is 0 Å². The Kier molecular flexibility index (Phi) is 3.05. The molecule has 106 valence electrons. The van der Waals surface area contributed by atoms with E-state index in [0.29, 0.717) is 17.9 Å². The molecule has 0 radical (unpaired) electrons. The number of ketones is 1. The lowest BCUT2D eigenvalue weighted by atomic mass is 9.81. The van der Waals surface area contributed by atoms with Gasteiger partial charge in [-0.05, 0) is 62.1 Å². The maximum atomic E-state index is 11.9. The van der Waals surface area contributed by atoms with Gasteiger partial charge in [0, 0.05) is 30.6 Å². The summed E-state index contributed by atoms with van der Waals surface area (Å²) in [5, 5.41) is 0. The fourth-order valence-corrected chi connectivity index (χ4v) is 4.57. The molecule has 2 aliphatic heterocycles. The lowest BCUT2D eigenvalue weighted by Gasteiger charge is -2.48. The molecule has 2 atom stereocenters. The molecule has 0 aromatic heterocycles. The standard InChI is InChI=1S/C18H23NO/c20-16-11-14-7-4-8-15(12-16)19(14)18-10-3-6-13-5-1-2-9-17(13)18/h3,6,10,14-15H,1-2,4-5,7-9,11-12H2. The van der Waals surface area contributed by atoms with E-state index >= 15 is 0 Å². The van der Waals surface area contributed by atoms with Crippen LogP contribution >= 0.6 is 0 Å². The Hall–Kier alpha value is -1.31. The first-order valence-corrected chi connectivity index (χ1v) is 8.24. The van der Waals surface area contributed by atoms with Gasteiger partial charge in [-0.2, -0.15) is 0 Å². The summed E-state index contributed by atoms with van der Waals surface area (Å²) in [6.07, 6.45) is 10.4. The largest absolute Gasteiger partial charge is 0.364 e. The number of aryl methyl sites for hydroxylation is 1. The van der Waals surface area contributed by atoms with Crippen molar-refractivity contribution < 1.29 is 4.79 Å². The second kappa shape index (κ2) is 4.91. The van der Waals surface area contributed by atoms with Gasteiger partial charge in [-0.25, -0.2) is 0 Å². The minimum Gasteiger partial charge on any atom is -0.364 e. The van der Waals surface area contributed by atoms with Gasteiger partial charge in [-0.1, -0.05) is 12.1 Å². The number of rotatable bonds is 1. The number of hydrogen-bond donors (Lipinski definition) is 0. The maximum absolute atomic E-state index is 11.9. The smallest absolute Gasteiger partial charge is 0.137 e. The second-order valence-electron chi connectivity index (χ2n) is 6.71. The molecule has 2 fully saturated rings. The molecule has 2 heterocycles. The highest BCUT2D eigenvalue weighted by molar-refractivity contribution is 5.83. The van der Waals surface area contributed by atoms with Gasteiger partial charge in [0.2, 0.25) is 0 Å². The molecule has 0 N–H and O–H groups in total. The summed E-state index contributed by atoms with van der Waals surface area (Å²) in [7, 11) is 0. The van der Waals surface area contributed by atoms with Gasteiger partial charge in [0.25, 0.3) is 0 Å². The maximum Gasteiger partial charge on any atom is 0.137 e. The summed E-state index contributed by atoms with van der Waals surface area (Å²) in [6, 6.07) is 7.80. The number of piperidine rings is 2. The Morgan fingerprint density at radius 1 is 0.950 bits per heavy atom. The van der Waals surface area contributed by atoms with E-state index in [4.69, 9.17) is 0 Å². The van der Waals surface area contributed by atoms with Crippen LogP contribution in [-0.2, 0) is 17.6 Å². The molecule has 2 nitrogen and oxygen atoms in total. The first-order chi connectivity index (χ1) is 9.83. The third-order valence-electron chi connectivity index (χ3n) is 5.44. The monoisotopic (exact) mass is 269 g/mol. The Balaban J connectivity index is 1.75. The summed E-state index contributed by atoms with van der Waals surface area (Å²) in [6.45, 7) is 0. The van der Waals surface area contributed by atoms with Crippen molar-refractivity contribution in [3.8, 4) is 0 Å². The van der Waals surface area contributed by atoms with Crippen molar-refractivity contribution in [3.63, 3.8) is 0 Å². The summed E-state index contributed by atoms with van der Waals surface area (Å²) >= 11 is 0. The Labute approximate surface area is 121 Å². The van der Waals surface area contributed by atoms with Crippen molar-refractivity contribution in [2.45, 2.75) is 69.9 Å². The average Bonchev–Trinajstić information content (AvgIpc) is 2.46. The zero-order valence-corrected chi connectivity index (χ0v) is 12.1. The second-order valence-corrected chi connectivity index (χ2v) is 6.71. The zero-order chi connectivity index (χ0) is 13.5. The lowest BCUT2D eigenvalue weighted by molar-refractivity contribution is -0.121. The molecule has 1 aromatic carbocycles. The highest BCUT2D eigenvalue weighted by Gasteiger charge is 2.38. The summed E-state index contributed by atoms with van der Waals surface area (Å²) in [5.74, 6) is 0.487. The Bertz CT molecular complexity index is 520. The van der Waals surface area contributed by atoms with Gasteiger partial charge >= 0.3 is 0 Å². The van der Waals surface area contributed by atoms with Crippen LogP contribution in [0.2, 0.25) is 0 Å². The van der Waals surface area contributed by atoms with E-state index in [9.17, 15) is 4.79 Å². The fraction of sp³-hybridized carbons (Fsp3) is 0.611. The number of hydrogen-bond acceptors (Lipinski definition) is 2. The van der Waals surface area contributed by atoms with E-state index in [1.165, 1.54) is 50.6 Å². The normalized spacial score (nSPS) is 29.2. The molecule has 20 heavy (non-hydrogen) atoms. The number of anilines is 1. The zero-order valence-electron chi connectivity index (χ0n) is 12.1. The number of carbonyl (C=O) groups excluding carboxylic acids is 1. The van der Waals surface area contributed by atoms with Crippen molar-refractivity contribution in [1.29, 1.82) is 0 Å². The van der Waals surface area contributed by atoms with Crippen molar-refractivity contribution in [2.24, 2.45) is 0 Å². The molecule has 2 saturated heterocycles. The highest BCUT2D eigenvalue weighted by Crippen LogP contribution is 2.40. The molecular formula is C18H23NO. The van der Waals surface area contributed by atoms with E-state index in [-0.39, 0.29) is 0 Å². The molecule has 4 rings (SSSR count). The molecule has 2 heteroatoms. The molecule has 2 bridgehead atoms. The van der Waals surface area contributed by atoms with E-state index < -0.39 is 0 Å². The van der Waals surface area contributed by atoms with Gasteiger partial charge in [-0.15, -0.1) is 0 Å².